The van der Waals surface area contributed by atoms with E-state index in [4.69, 9.17) is 4.42 Å². The number of furan rings is 1. The maximum absolute atomic E-state index is 10.6. The molecular weight excluding hydrogens is 144 g/mol. The second-order valence-electron chi connectivity index (χ2n) is 1.91. The zero-order chi connectivity index (χ0) is 8.10. The lowest BCUT2D eigenvalue weighted by Gasteiger charge is -1.86. The fourth-order valence-corrected chi connectivity index (χ4v) is 0.602. The second-order valence-corrected chi connectivity index (χ2v) is 1.91. The van der Waals surface area contributed by atoms with E-state index in [0.717, 1.165) is 5.56 Å². The molecule has 0 N–H and O–H groups in total. The summed E-state index contributed by atoms with van der Waals surface area (Å²) >= 11 is 0. The minimum atomic E-state index is -0.369. The summed E-state index contributed by atoms with van der Waals surface area (Å²) in [7, 11) is 1.34. The highest BCUT2D eigenvalue weighted by Gasteiger charge is 1.91. The Morgan fingerprint density at radius 2 is 2.55 bits per heavy atom. The van der Waals surface area contributed by atoms with Crippen molar-refractivity contribution < 1.29 is 13.9 Å². The third-order valence-electron chi connectivity index (χ3n) is 1.16. The predicted molar refractivity (Wildman–Crippen MR) is 39.8 cm³/mol. The van der Waals surface area contributed by atoms with Crippen LogP contribution in [0.4, 0.5) is 0 Å². The molecular formula is C8H8O3. The molecule has 1 aromatic rings. The Balaban J connectivity index is 2.55. The van der Waals surface area contributed by atoms with E-state index in [-0.39, 0.29) is 5.97 Å². The third-order valence-corrected chi connectivity index (χ3v) is 1.16. The van der Waals surface area contributed by atoms with Crippen molar-refractivity contribution in [1.29, 1.82) is 0 Å². The fraction of sp³-hybridized carbons (Fsp3) is 0.125. The molecule has 0 fully saturated rings. The molecule has 0 aliphatic carbocycles. The molecule has 0 aromatic carbocycles. The molecule has 0 radical (unpaired) electrons. The summed E-state index contributed by atoms with van der Waals surface area (Å²) in [5.74, 6) is -0.369. The molecule has 1 aromatic heterocycles. The summed E-state index contributed by atoms with van der Waals surface area (Å²) in [5.41, 5.74) is 0.843. The van der Waals surface area contributed by atoms with E-state index in [1.54, 1.807) is 18.4 Å². The van der Waals surface area contributed by atoms with Crippen molar-refractivity contribution in [2.24, 2.45) is 0 Å². The van der Waals surface area contributed by atoms with Gasteiger partial charge >= 0.3 is 5.97 Å². The van der Waals surface area contributed by atoms with Crippen molar-refractivity contribution in [3.05, 3.63) is 30.2 Å². The van der Waals surface area contributed by atoms with E-state index in [0.29, 0.717) is 0 Å². The van der Waals surface area contributed by atoms with Gasteiger partial charge in [-0.2, -0.15) is 0 Å². The quantitative estimate of drug-likeness (QED) is 0.475. The highest BCUT2D eigenvalue weighted by atomic mass is 16.5. The Kier molecular flexibility index (Phi) is 2.49. The lowest BCUT2D eigenvalue weighted by molar-refractivity contribution is -0.134. The summed E-state index contributed by atoms with van der Waals surface area (Å²) in [6.45, 7) is 0. The van der Waals surface area contributed by atoms with Crippen LogP contribution in [0, 0.1) is 0 Å². The molecule has 0 bridgehead atoms. The van der Waals surface area contributed by atoms with Crippen LogP contribution in [-0.2, 0) is 9.53 Å². The molecule has 3 nitrogen and oxygen atoms in total. The molecule has 0 spiro atoms. The van der Waals surface area contributed by atoms with Crippen LogP contribution >= 0.6 is 0 Å². The van der Waals surface area contributed by atoms with E-state index < -0.39 is 0 Å². The van der Waals surface area contributed by atoms with Crippen molar-refractivity contribution in [1.82, 2.24) is 0 Å². The van der Waals surface area contributed by atoms with Gasteiger partial charge in [0.2, 0.25) is 0 Å². The monoisotopic (exact) mass is 152 g/mol. The first-order valence-corrected chi connectivity index (χ1v) is 3.11. The summed E-state index contributed by atoms with van der Waals surface area (Å²) in [4.78, 5) is 10.6. The molecule has 0 saturated heterocycles. The number of hydrogen-bond acceptors (Lipinski definition) is 3. The summed E-state index contributed by atoms with van der Waals surface area (Å²) in [6, 6.07) is 1.75. The van der Waals surface area contributed by atoms with E-state index in [1.807, 2.05) is 0 Å². The molecule has 11 heavy (non-hydrogen) atoms. The Bertz CT molecular complexity index is 246. The minimum absolute atomic E-state index is 0.369. The van der Waals surface area contributed by atoms with Gasteiger partial charge in [0.1, 0.15) is 0 Å². The lowest BCUT2D eigenvalue weighted by Crippen LogP contribution is -1.92. The average molecular weight is 152 g/mol. The minimum Gasteiger partial charge on any atom is -0.472 e. The van der Waals surface area contributed by atoms with Gasteiger partial charge < -0.3 is 9.15 Å². The number of carbonyl (C=O) groups excluding carboxylic acids is 1. The van der Waals surface area contributed by atoms with Gasteiger partial charge in [0.05, 0.1) is 19.6 Å². The molecule has 1 rings (SSSR count). The third kappa shape index (κ3) is 2.29. The molecule has 1 heterocycles. The van der Waals surface area contributed by atoms with Crippen LogP contribution in [-0.4, -0.2) is 13.1 Å². The maximum atomic E-state index is 10.6. The second kappa shape index (κ2) is 3.61. The van der Waals surface area contributed by atoms with Crippen LogP contribution in [0.5, 0.6) is 0 Å². The number of ether oxygens (including phenoxy) is 1. The van der Waals surface area contributed by atoms with Crippen molar-refractivity contribution in [3.8, 4) is 0 Å². The highest BCUT2D eigenvalue weighted by Crippen LogP contribution is 2.01. The Hall–Kier alpha value is -1.51. The first-order valence-electron chi connectivity index (χ1n) is 3.11. The predicted octanol–water partition coefficient (Wildman–Crippen LogP) is 1.47. The van der Waals surface area contributed by atoms with Gasteiger partial charge in [-0.15, -0.1) is 0 Å². The molecule has 0 saturated carbocycles. The van der Waals surface area contributed by atoms with Crippen molar-refractivity contribution in [3.63, 3.8) is 0 Å². The van der Waals surface area contributed by atoms with Gasteiger partial charge in [0.15, 0.2) is 0 Å². The lowest BCUT2D eigenvalue weighted by atomic mass is 10.3. The van der Waals surface area contributed by atoms with Gasteiger partial charge in [0, 0.05) is 11.6 Å². The molecule has 3 heteroatoms. The molecule has 0 amide bonds. The topological polar surface area (TPSA) is 39.4 Å². The van der Waals surface area contributed by atoms with Gasteiger partial charge in [-0.25, -0.2) is 4.79 Å². The zero-order valence-electron chi connectivity index (χ0n) is 6.11. The molecule has 0 unspecified atom stereocenters. The smallest absolute Gasteiger partial charge is 0.330 e. The van der Waals surface area contributed by atoms with Gasteiger partial charge in [0.25, 0.3) is 0 Å². The SMILES string of the molecule is COC(=O)C=Cc1ccoc1. The maximum Gasteiger partial charge on any atom is 0.330 e. The standard InChI is InChI=1S/C8H8O3/c1-10-8(9)3-2-7-4-5-11-6-7/h2-6H,1H3. The number of hydrogen-bond donors (Lipinski definition) is 0. The summed E-state index contributed by atoms with van der Waals surface area (Å²) in [5, 5.41) is 0. The molecule has 0 atom stereocenters. The zero-order valence-corrected chi connectivity index (χ0v) is 6.11. The first kappa shape index (κ1) is 7.60. The van der Waals surface area contributed by atoms with Gasteiger partial charge in [-0.3, -0.25) is 0 Å². The van der Waals surface area contributed by atoms with Crippen LogP contribution in [0.2, 0.25) is 0 Å². The largest absolute Gasteiger partial charge is 0.472 e. The van der Waals surface area contributed by atoms with E-state index in [2.05, 4.69) is 4.74 Å². The fourth-order valence-electron chi connectivity index (χ4n) is 0.602. The normalized spacial score (nSPS) is 10.3. The Morgan fingerprint density at radius 1 is 1.73 bits per heavy atom. The van der Waals surface area contributed by atoms with Crippen LogP contribution in [0.25, 0.3) is 6.08 Å². The van der Waals surface area contributed by atoms with Crippen LogP contribution in [0.15, 0.2) is 29.1 Å². The molecule has 0 aliphatic heterocycles. The van der Waals surface area contributed by atoms with Gasteiger partial charge in [-0.1, -0.05) is 0 Å². The van der Waals surface area contributed by atoms with E-state index in [1.165, 1.54) is 19.4 Å². The number of rotatable bonds is 2. The van der Waals surface area contributed by atoms with Crippen molar-refractivity contribution >= 4 is 12.0 Å². The Morgan fingerprint density at radius 3 is 3.09 bits per heavy atom. The van der Waals surface area contributed by atoms with E-state index >= 15 is 0 Å². The van der Waals surface area contributed by atoms with Crippen LogP contribution < -0.4 is 0 Å². The highest BCUT2D eigenvalue weighted by molar-refractivity contribution is 5.86. The summed E-state index contributed by atoms with van der Waals surface area (Å²) < 4.78 is 9.17. The number of methoxy groups -OCH3 is 1. The van der Waals surface area contributed by atoms with Gasteiger partial charge in [-0.05, 0) is 12.1 Å². The van der Waals surface area contributed by atoms with Crippen LogP contribution in [0.1, 0.15) is 5.56 Å². The molecule has 58 valence electrons. The van der Waals surface area contributed by atoms with Crippen LogP contribution in [0.3, 0.4) is 0 Å². The van der Waals surface area contributed by atoms with E-state index in [9.17, 15) is 4.79 Å². The number of carbonyl (C=O) groups is 1. The average Bonchev–Trinajstić information content (AvgIpc) is 2.52. The first-order chi connectivity index (χ1) is 5.33. The molecule has 0 aliphatic rings. The van der Waals surface area contributed by atoms with Crippen molar-refractivity contribution in [2.75, 3.05) is 7.11 Å². The summed E-state index contributed by atoms with van der Waals surface area (Å²) in [6.07, 6.45) is 6.04. The number of esters is 1. The van der Waals surface area contributed by atoms with Crippen molar-refractivity contribution in [2.45, 2.75) is 0 Å². The Labute approximate surface area is 64.3 Å².